The van der Waals surface area contributed by atoms with Crippen LogP contribution in [-0.4, -0.2) is 81.8 Å². The fourth-order valence-corrected chi connectivity index (χ4v) is 4.85. The molecule has 2 aromatic heterocycles. The Hall–Kier alpha value is -3.60. The van der Waals surface area contributed by atoms with Gasteiger partial charge in [0.25, 0.3) is 0 Å². The number of carbonyl (C=O) groups excluding carboxylic acids is 1. The lowest BCUT2D eigenvalue weighted by molar-refractivity contribution is -0.129. The van der Waals surface area contributed by atoms with Gasteiger partial charge >= 0.3 is 0 Å². The van der Waals surface area contributed by atoms with Crippen LogP contribution in [0.3, 0.4) is 0 Å². The van der Waals surface area contributed by atoms with Crippen LogP contribution in [0.5, 0.6) is 5.75 Å². The summed E-state index contributed by atoms with van der Waals surface area (Å²) in [5.41, 5.74) is 3.35. The van der Waals surface area contributed by atoms with E-state index in [9.17, 15) is 13.6 Å². The van der Waals surface area contributed by atoms with Gasteiger partial charge in [0.2, 0.25) is 5.91 Å². The second-order valence-electron chi connectivity index (χ2n) is 10.2. The van der Waals surface area contributed by atoms with Crippen LogP contribution in [0.25, 0.3) is 11.3 Å². The van der Waals surface area contributed by atoms with Gasteiger partial charge in [0.05, 0.1) is 30.7 Å². The minimum Gasteiger partial charge on any atom is -0.487 e. The number of benzene rings is 1. The van der Waals surface area contributed by atoms with Gasteiger partial charge in [-0.3, -0.25) is 9.48 Å². The van der Waals surface area contributed by atoms with E-state index in [-0.39, 0.29) is 17.8 Å². The Labute approximate surface area is 221 Å². The van der Waals surface area contributed by atoms with E-state index in [2.05, 4.69) is 14.9 Å². The van der Waals surface area contributed by atoms with Crippen molar-refractivity contribution in [3.8, 4) is 17.0 Å². The van der Waals surface area contributed by atoms with Gasteiger partial charge < -0.3 is 19.4 Å². The van der Waals surface area contributed by atoms with Crippen LogP contribution in [0, 0.1) is 11.6 Å². The second-order valence-corrected chi connectivity index (χ2v) is 10.2. The number of rotatable bonds is 7. The molecule has 0 radical (unpaired) electrons. The number of anilines is 1. The molecule has 0 atom stereocenters. The molecule has 1 fully saturated rings. The number of carbonyl (C=O) groups is 1. The third-order valence-electron chi connectivity index (χ3n) is 7.05. The van der Waals surface area contributed by atoms with E-state index in [1.54, 1.807) is 11.8 Å². The summed E-state index contributed by atoms with van der Waals surface area (Å²) in [5.74, 6) is -0.432. The predicted octanol–water partition coefficient (Wildman–Crippen LogP) is 3.13. The average Bonchev–Trinajstić information content (AvgIpc) is 3.37. The number of ether oxygens (including phenoxy) is 1. The minimum atomic E-state index is -0.693. The minimum absolute atomic E-state index is 0.0271. The highest BCUT2D eigenvalue weighted by molar-refractivity contribution is 5.74. The smallest absolute Gasteiger partial charge is 0.219 e. The molecule has 4 heterocycles. The van der Waals surface area contributed by atoms with Crippen molar-refractivity contribution in [2.24, 2.45) is 0 Å². The Morgan fingerprint density at radius 1 is 1.13 bits per heavy atom. The number of aromatic nitrogens is 4. The summed E-state index contributed by atoms with van der Waals surface area (Å²) in [5, 5.41) is 4.54. The van der Waals surface area contributed by atoms with E-state index >= 15 is 0 Å². The van der Waals surface area contributed by atoms with E-state index in [0.717, 1.165) is 47.6 Å². The van der Waals surface area contributed by atoms with Gasteiger partial charge in [-0.1, -0.05) is 0 Å². The van der Waals surface area contributed by atoms with Crippen LogP contribution >= 0.6 is 0 Å². The number of halogens is 2. The molecule has 3 aromatic rings. The standard InChI is InChI=1S/C27H33F2N7O2/c1-18(37)35-11-8-23-24(17-35)31-26(19-15-30-36(16-19)13-12-33(2)3)27(32-23)34-9-6-21(7-10-34)38-25-5-4-20(28)14-22(25)29/h4-5,14-16,21H,6-13,17H2,1-3H3. The number of hydrogen-bond acceptors (Lipinski definition) is 7. The molecule has 0 spiro atoms. The van der Waals surface area contributed by atoms with Gasteiger partial charge in [-0.05, 0) is 26.2 Å². The fraction of sp³-hybridized carbons (Fsp3) is 0.481. The normalized spacial score (nSPS) is 16.2. The Balaban J connectivity index is 1.38. The number of amides is 1. The van der Waals surface area contributed by atoms with Gasteiger partial charge in [0, 0.05) is 70.2 Å². The molecule has 0 bridgehead atoms. The number of nitrogens with zero attached hydrogens (tertiary/aromatic N) is 7. The summed E-state index contributed by atoms with van der Waals surface area (Å²) >= 11 is 0. The largest absolute Gasteiger partial charge is 0.487 e. The maximum absolute atomic E-state index is 14.1. The molecule has 0 N–H and O–H groups in total. The Bertz CT molecular complexity index is 1300. The molecule has 202 valence electrons. The van der Waals surface area contributed by atoms with Gasteiger partial charge in [-0.2, -0.15) is 5.10 Å². The first kappa shape index (κ1) is 26.0. The van der Waals surface area contributed by atoms with Crippen molar-refractivity contribution in [2.45, 2.75) is 45.4 Å². The van der Waals surface area contributed by atoms with Crippen LogP contribution < -0.4 is 9.64 Å². The van der Waals surface area contributed by atoms with Crippen LogP contribution in [0.15, 0.2) is 30.6 Å². The Morgan fingerprint density at radius 2 is 1.92 bits per heavy atom. The summed E-state index contributed by atoms with van der Waals surface area (Å²) in [7, 11) is 4.05. The Kier molecular flexibility index (Phi) is 7.55. The summed E-state index contributed by atoms with van der Waals surface area (Å²) in [4.78, 5) is 28.2. The molecule has 0 saturated carbocycles. The maximum Gasteiger partial charge on any atom is 0.219 e. The molecule has 5 rings (SSSR count). The zero-order valence-corrected chi connectivity index (χ0v) is 22.0. The van der Waals surface area contributed by atoms with E-state index in [1.165, 1.54) is 12.1 Å². The molecule has 38 heavy (non-hydrogen) atoms. The van der Waals surface area contributed by atoms with E-state index < -0.39 is 11.6 Å². The molecular formula is C27H33F2N7O2. The number of piperidine rings is 1. The van der Waals surface area contributed by atoms with Crippen molar-refractivity contribution < 1.29 is 18.3 Å². The fourth-order valence-electron chi connectivity index (χ4n) is 4.85. The second kappa shape index (κ2) is 11.0. The zero-order chi connectivity index (χ0) is 26.8. The van der Waals surface area contributed by atoms with Crippen molar-refractivity contribution in [3.63, 3.8) is 0 Å². The van der Waals surface area contributed by atoms with Gasteiger partial charge in [-0.25, -0.2) is 18.7 Å². The van der Waals surface area contributed by atoms with E-state index in [4.69, 9.17) is 14.7 Å². The van der Waals surface area contributed by atoms with Crippen molar-refractivity contribution in [2.75, 3.05) is 45.2 Å². The first-order chi connectivity index (χ1) is 18.3. The van der Waals surface area contributed by atoms with E-state index in [1.807, 2.05) is 31.2 Å². The molecule has 1 saturated heterocycles. The van der Waals surface area contributed by atoms with Gasteiger partial charge in [0.15, 0.2) is 17.4 Å². The van der Waals surface area contributed by atoms with Crippen LogP contribution in [0.2, 0.25) is 0 Å². The lowest BCUT2D eigenvalue weighted by Gasteiger charge is -2.35. The molecule has 1 aromatic carbocycles. The quantitative estimate of drug-likeness (QED) is 0.469. The lowest BCUT2D eigenvalue weighted by Crippen LogP contribution is -2.40. The topological polar surface area (TPSA) is 79.6 Å². The van der Waals surface area contributed by atoms with Crippen molar-refractivity contribution in [3.05, 3.63) is 53.6 Å². The summed E-state index contributed by atoms with van der Waals surface area (Å²) < 4.78 is 35.1. The van der Waals surface area contributed by atoms with Crippen LogP contribution in [0.1, 0.15) is 31.2 Å². The highest BCUT2D eigenvalue weighted by Crippen LogP contribution is 2.33. The first-order valence-corrected chi connectivity index (χ1v) is 13.0. The monoisotopic (exact) mass is 525 g/mol. The molecule has 0 unspecified atom stereocenters. The highest BCUT2D eigenvalue weighted by atomic mass is 19.1. The molecule has 9 nitrogen and oxygen atoms in total. The van der Waals surface area contributed by atoms with Crippen LogP contribution in [0.4, 0.5) is 14.6 Å². The predicted molar refractivity (Wildman–Crippen MR) is 139 cm³/mol. The van der Waals surface area contributed by atoms with Crippen molar-refractivity contribution in [1.82, 2.24) is 29.5 Å². The molecule has 2 aliphatic heterocycles. The van der Waals surface area contributed by atoms with Gasteiger partial charge in [-0.15, -0.1) is 0 Å². The number of hydrogen-bond donors (Lipinski definition) is 0. The highest BCUT2D eigenvalue weighted by Gasteiger charge is 2.29. The first-order valence-electron chi connectivity index (χ1n) is 13.0. The summed E-state index contributed by atoms with van der Waals surface area (Å²) in [6, 6.07) is 3.38. The summed E-state index contributed by atoms with van der Waals surface area (Å²) in [6.45, 7) is 5.56. The molecule has 11 heteroatoms. The molecular weight excluding hydrogens is 492 g/mol. The van der Waals surface area contributed by atoms with E-state index in [0.29, 0.717) is 45.4 Å². The number of likely N-dealkylation sites (N-methyl/N-ethyl adjacent to an activating group) is 1. The lowest BCUT2D eigenvalue weighted by atomic mass is 10.1. The molecule has 2 aliphatic rings. The maximum atomic E-state index is 14.1. The average molecular weight is 526 g/mol. The third-order valence-corrected chi connectivity index (χ3v) is 7.05. The van der Waals surface area contributed by atoms with Crippen LogP contribution in [-0.2, 0) is 24.3 Å². The molecule has 1 amide bonds. The van der Waals surface area contributed by atoms with Crippen molar-refractivity contribution >= 4 is 11.7 Å². The number of fused-ring (bicyclic) bond motifs is 1. The van der Waals surface area contributed by atoms with Gasteiger partial charge in [0.1, 0.15) is 17.6 Å². The Morgan fingerprint density at radius 3 is 2.63 bits per heavy atom. The summed E-state index contributed by atoms with van der Waals surface area (Å²) in [6.07, 6.45) is 5.60. The SMILES string of the molecule is CC(=O)N1CCc2nc(N3CCC(Oc4ccc(F)cc4F)CC3)c(-c3cnn(CCN(C)C)c3)nc2C1. The zero-order valence-electron chi connectivity index (χ0n) is 22.0. The third kappa shape index (κ3) is 5.77. The molecule has 0 aliphatic carbocycles. The van der Waals surface area contributed by atoms with Crippen molar-refractivity contribution in [1.29, 1.82) is 0 Å².